The summed E-state index contributed by atoms with van der Waals surface area (Å²) in [6.07, 6.45) is 2.11. The lowest BCUT2D eigenvalue weighted by molar-refractivity contribution is 0.402. The third-order valence-electron chi connectivity index (χ3n) is 0.520. The van der Waals surface area contributed by atoms with Gasteiger partial charge in [0, 0.05) is 0 Å². The van der Waals surface area contributed by atoms with Gasteiger partial charge in [0.05, 0.1) is 0 Å². The molecule has 5 N–H and O–H groups in total. The predicted molar refractivity (Wildman–Crippen MR) is 28.6 cm³/mol. The molecule has 3 heteroatoms. The Morgan fingerprint density at radius 3 is 2.43 bits per heavy atom. The molecule has 0 radical (unpaired) electrons. The first-order chi connectivity index (χ1) is 3.27. The normalized spacial score (nSPS) is 11.9. The molecule has 0 saturated heterocycles. The second kappa shape index (κ2) is 3.49. The minimum absolute atomic E-state index is 0.148. The molecule has 0 rings (SSSR count). The van der Waals surface area contributed by atoms with Crippen molar-refractivity contribution in [3.8, 4) is 0 Å². The highest BCUT2D eigenvalue weighted by molar-refractivity contribution is 4.83. The van der Waals surface area contributed by atoms with Gasteiger partial charge < -0.3 is 16.6 Å². The maximum absolute atomic E-state index is 8.27. The van der Waals surface area contributed by atoms with Gasteiger partial charge >= 0.3 is 0 Å². The second-order valence-electron chi connectivity index (χ2n) is 1.21. The number of hydrogen-bond acceptors (Lipinski definition) is 3. The molecule has 0 amide bonds. The summed E-state index contributed by atoms with van der Waals surface area (Å²) in [6.45, 7) is 0.529. The van der Waals surface area contributed by atoms with Gasteiger partial charge in [0.1, 0.15) is 0 Å². The first-order valence-corrected chi connectivity index (χ1v) is 2.12. The van der Waals surface area contributed by atoms with E-state index in [0.717, 1.165) is 0 Å². The summed E-state index contributed by atoms with van der Waals surface area (Å²) >= 11 is 0. The van der Waals surface area contributed by atoms with Gasteiger partial charge in [-0.1, -0.05) is 0 Å². The lowest BCUT2D eigenvalue weighted by atomic mass is 10.4. The highest BCUT2D eigenvalue weighted by Crippen LogP contribution is 1.78. The minimum atomic E-state index is -0.148. The Morgan fingerprint density at radius 1 is 1.71 bits per heavy atom. The molecule has 0 aromatic carbocycles. The zero-order valence-electron chi connectivity index (χ0n) is 4.09. The zero-order chi connectivity index (χ0) is 5.70. The van der Waals surface area contributed by atoms with E-state index in [1.165, 1.54) is 6.08 Å². The minimum Gasteiger partial charge on any atom is -0.495 e. The van der Waals surface area contributed by atoms with E-state index in [1.807, 2.05) is 0 Å². The predicted octanol–water partition coefficient (Wildman–Crippen LogP) is -0.307. The van der Waals surface area contributed by atoms with Crippen molar-refractivity contribution in [2.45, 2.75) is 6.42 Å². The average Bonchev–Trinajstić information content (AvgIpc) is 1.61. The van der Waals surface area contributed by atoms with Crippen LogP contribution in [0.2, 0.25) is 0 Å². The Bertz CT molecular complexity index is 66.1. The van der Waals surface area contributed by atoms with Gasteiger partial charge in [-0.3, -0.25) is 0 Å². The lowest BCUT2D eigenvalue weighted by Crippen LogP contribution is -1.99. The number of hydrogen-bond donors (Lipinski definition) is 3. The molecule has 0 fully saturated rings. The molecule has 0 aliphatic carbocycles. The third kappa shape index (κ3) is 5.30. The van der Waals surface area contributed by atoms with E-state index in [4.69, 9.17) is 16.6 Å². The van der Waals surface area contributed by atoms with E-state index >= 15 is 0 Å². The average molecular weight is 102 g/mol. The van der Waals surface area contributed by atoms with Gasteiger partial charge in [0.25, 0.3) is 0 Å². The number of rotatable bonds is 2. The molecule has 7 heavy (non-hydrogen) atoms. The molecule has 3 nitrogen and oxygen atoms in total. The van der Waals surface area contributed by atoms with E-state index in [2.05, 4.69) is 0 Å². The Morgan fingerprint density at radius 2 is 2.29 bits per heavy atom. The summed E-state index contributed by atoms with van der Waals surface area (Å²) in [7, 11) is 0. The molecule has 0 unspecified atom stereocenters. The van der Waals surface area contributed by atoms with Gasteiger partial charge in [-0.25, -0.2) is 0 Å². The van der Waals surface area contributed by atoms with Gasteiger partial charge in [0.15, 0.2) is 5.88 Å². The Labute approximate surface area is 42.6 Å². The van der Waals surface area contributed by atoms with Gasteiger partial charge in [-0.15, -0.1) is 0 Å². The molecule has 0 aliphatic heterocycles. The van der Waals surface area contributed by atoms with Crippen LogP contribution in [0, 0.1) is 0 Å². The fourth-order valence-corrected chi connectivity index (χ4v) is 0.231. The first-order valence-electron chi connectivity index (χ1n) is 2.12. The molecule has 0 heterocycles. The third-order valence-corrected chi connectivity index (χ3v) is 0.520. The van der Waals surface area contributed by atoms with Crippen LogP contribution in [-0.4, -0.2) is 11.7 Å². The van der Waals surface area contributed by atoms with Gasteiger partial charge in [-0.2, -0.15) is 0 Å². The number of nitrogens with two attached hydrogens (primary N) is 2. The molecule has 0 bridgehead atoms. The van der Waals surface area contributed by atoms with Crippen molar-refractivity contribution in [1.82, 2.24) is 0 Å². The highest BCUT2D eigenvalue weighted by atomic mass is 16.3. The van der Waals surface area contributed by atoms with E-state index in [1.54, 1.807) is 0 Å². The van der Waals surface area contributed by atoms with Gasteiger partial charge in [0.2, 0.25) is 0 Å². The molecular weight excluding hydrogens is 92.1 g/mol. The Balaban J connectivity index is 3.08. The quantitative estimate of drug-likeness (QED) is 0.419. The van der Waals surface area contributed by atoms with Crippen molar-refractivity contribution >= 4 is 0 Å². The molecule has 0 aromatic rings. The van der Waals surface area contributed by atoms with Crippen LogP contribution in [0.25, 0.3) is 0 Å². The van der Waals surface area contributed by atoms with E-state index in [-0.39, 0.29) is 5.88 Å². The smallest absolute Gasteiger partial charge is 0.177 e. The molecular formula is C4H10N2O. The fourth-order valence-electron chi connectivity index (χ4n) is 0.231. The molecule has 0 aliphatic rings. The van der Waals surface area contributed by atoms with Crippen LogP contribution in [0.5, 0.6) is 0 Å². The summed E-state index contributed by atoms with van der Waals surface area (Å²) in [4.78, 5) is 0. The summed E-state index contributed by atoms with van der Waals surface area (Å²) < 4.78 is 0. The summed E-state index contributed by atoms with van der Waals surface area (Å²) in [5.41, 5.74) is 9.91. The van der Waals surface area contributed by atoms with Crippen molar-refractivity contribution in [1.29, 1.82) is 0 Å². The van der Waals surface area contributed by atoms with E-state index in [9.17, 15) is 0 Å². The largest absolute Gasteiger partial charge is 0.495 e. The number of aliphatic hydroxyl groups excluding tert-OH is 1. The maximum Gasteiger partial charge on any atom is 0.177 e. The van der Waals surface area contributed by atoms with Crippen molar-refractivity contribution in [2.75, 3.05) is 6.54 Å². The van der Waals surface area contributed by atoms with Crippen LogP contribution in [0.3, 0.4) is 0 Å². The second-order valence-corrected chi connectivity index (χ2v) is 1.21. The summed E-state index contributed by atoms with van der Waals surface area (Å²) in [5.74, 6) is -0.148. The van der Waals surface area contributed by atoms with Crippen LogP contribution >= 0.6 is 0 Å². The lowest BCUT2D eigenvalue weighted by Gasteiger charge is -1.85. The molecule has 0 spiro atoms. The van der Waals surface area contributed by atoms with Crippen molar-refractivity contribution < 1.29 is 5.11 Å². The van der Waals surface area contributed by atoms with Crippen LogP contribution in [0.15, 0.2) is 12.0 Å². The molecule has 0 atom stereocenters. The van der Waals surface area contributed by atoms with Crippen LogP contribution in [0.1, 0.15) is 6.42 Å². The van der Waals surface area contributed by atoms with E-state index < -0.39 is 0 Å². The van der Waals surface area contributed by atoms with E-state index in [0.29, 0.717) is 13.0 Å². The fraction of sp³-hybridized carbons (Fsp3) is 0.500. The van der Waals surface area contributed by atoms with Crippen molar-refractivity contribution in [3.63, 3.8) is 0 Å². The first kappa shape index (κ1) is 6.30. The topological polar surface area (TPSA) is 72.3 Å². The Hall–Kier alpha value is -0.700. The standard InChI is InChI=1S/C4H10N2O/c5-3-1-2-4(6)7/h2,7H,1,3,5-6H2. The summed E-state index contributed by atoms with van der Waals surface area (Å²) in [5, 5.41) is 8.27. The van der Waals surface area contributed by atoms with Crippen LogP contribution < -0.4 is 11.5 Å². The maximum atomic E-state index is 8.27. The van der Waals surface area contributed by atoms with Crippen molar-refractivity contribution in [2.24, 2.45) is 11.5 Å². The zero-order valence-corrected chi connectivity index (χ0v) is 4.09. The SMILES string of the molecule is NCCC=C(N)O. The van der Waals surface area contributed by atoms with Crippen LogP contribution in [0.4, 0.5) is 0 Å². The Kier molecular flexibility index (Phi) is 3.14. The van der Waals surface area contributed by atoms with Crippen molar-refractivity contribution in [3.05, 3.63) is 12.0 Å². The molecule has 0 saturated carbocycles. The monoisotopic (exact) mass is 102 g/mol. The molecule has 0 aromatic heterocycles. The van der Waals surface area contributed by atoms with Gasteiger partial charge in [-0.05, 0) is 19.0 Å². The highest BCUT2D eigenvalue weighted by Gasteiger charge is 1.75. The molecule has 42 valence electrons. The summed E-state index contributed by atoms with van der Waals surface area (Å²) in [6, 6.07) is 0. The number of aliphatic hydroxyl groups is 1. The van der Waals surface area contributed by atoms with Crippen LogP contribution in [-0.2, 0) is 0 Å².